The number of anilines is 1. The quantitative estimate of drug-likeness (QED) is 0.457. The highest BCUT2D eigenvalue weighted by Gasteiger charge is 2.24. The summed E-state index contributed by atoms with van der Waals surface area (Å²) in [7, 11) is 4.41. The van der Waals surface area contributed by atoms with Crippen molar-refractivity contribution in [3.05, 3.63) is 47.6 Å². The Labute approximate surface area is 170 Å². The number of carbonyl (C=O) groups excluding carboxylic acids is 2. The molecule has 0 aliphatic heterocycles. The molecule has 2 aliphatic rings. The van der Waals surface area contributed by atoms with Crippen molar-refractivity contribution < 1.29 is 9.59 Å². The van der Waals surface area contributed by atoms with Gasteiger partial charge in [0.15, 0.2) is 14.6 Å². The molecule has 1 aromatic rings. The van der Waals surface area contributed by atoms with Crippen molar-refractivity contribution in [1.82, 2.24) is 0 Å². The van der Waals surface area contributed by atoms with Crippen molar-refractivity contribution in [3.8, 4) is 0 Å². The van der Waals surface area contributed by atoms with E-state index in [9.17, 15) is 9.59 Å². The number of allylic oxidation sites excluding steroid dienone is 3. The van der Waals surface area contributed by atoms with Gasteiger partial charge in [0.2, 0.25) is 11.6 Å². The van der Waals surface area contributed by atoms with Gasteiger partial charge in [-0.25, -0.2) is 0 Å². The molecule has 3 nitrogen and oxygen atoms in total. The summed E-state index contributed by atoms with van der Waals surface area (Å²) in [6, 6.07) is 8.17. The summed E-state index contributed by atoms with van der Waals surface area (Å²) < 4.78 is 0. The van der Waals surface area contributed by atoms with Crippen LogP contribution in [0.4, 0.5) is 5.69 Å². The van der Waals surface area contributed by atoms with Crippen molar-refractivity contribution in [2.75, 3.05) is 5.32 Å². The Balaban J connectivity index is 1.71. The minimum atomic E-state index is -0.456. The topological polar surface area (TPSA) is 46.2 Å². The zero-order valence-corrected chi connectivity index (χ0v) is 17.0. The van der Waals surface area contributed by atoms with Crippen LogP contribution in [0.1, 0.15) is 58.8 Å². The largest absolute Gasteiger partial charge is 0.356 e. The van der Waals surface area contributed by atoms with Crippen LogP contribution in [0.5, 0.6) is 0 Å². The van der Waals surface area contributed by atoms with E-state index in [1.165, 1.54) is 49.7 Å². The molecular formula is C23H29B2NO2. The third kappa shape index (κ3) is 5.98. The van der Waals surface area contributed by atoms with Gasteiger partial charge >= 0.3 is 0 Å². The highest BCUT2D eigenvalue weighted by molar-refractivity contribution is 6.55. The molecule has 2 aliphatic carbocycles. The Morgan fingerprint density at radius 3 is 2.14 bits per heavy atom. The van der Waals surface area contributed by atoms with Gasteiger partial charge in [-0.15, -0.1) is 0 Å². The Morgan fingerprint density at radius 1 is 0.893 bits per heavy atom. The molecule has 0 amide bonds. The first kappa shape index (κ1) is 20.7. The van der Waals surface area contributed by atoms with Gasteiger partial charge in [0.25, 0.3) is 0 Å². The zero-order valence-electron chi connectivity index (χ0n) is 17.0. The molecule has 0 unspecified atom stereocenters. The Kier molecular flexibility index (Phi) is 7.36. The average molecular weight is 373 g/mol. The molecule has 0 bridgehead atoms. The molecule has 0 heterocycles. The monoisotopic (exact) mass is 373 g/mol. The van der Waals surface area contributed by atoms with E-state index in [0.29, 0.717) is 11.6 Å². The van der Waals surface area contributed by atoms with Crippen LogP contribution >= 0.6 is 0 Å². The SMILES string of the molecule is CC(C)[B]c1ccc(NC2=CC(=O)C(=O)C=C2[B]C2CCCCCCC2)cc1. The first-order valence-corrected chi connectivity index (χ1v) is 10.6. The maximum absolute atomic E-state index is 12.0. The zero-order chi connectivity index (χ0) is 19.9. The summed E-state index contributed by atoms with van der Waals surface area (Å²) in [4.78, 5) is 24.0. The molecule has 1 aromatic carbocycles. The van der Waals surface area contributed by atoms with Crippen LogP contribution in [0.25, 0.3) is 0 Å². The molecule has 0 aromatic heterocycles. The van der Waals surface area contributed by atoms with Crippen LogP contribution in [0.2, 0.25) is 11.6 Å². The maximum Gasteiger partial charge on any atom is 0.227 e. The molecule has 1 N–H and O–H groups in total. The van der Waals surface area contributed by atoms with Crippen LogP contribution in [0, 0.1) is 0 Å². The van der Waals surface area contributed by atoms with Gasteiger partial charge in [-0.2, -0.15) is 0 Å². The summed E-state index contributed by atoms with van der Waals surface area (Å²) >= 11 is 0. The van der Waals surface area contributed by atoms with Gasteiger partial charge in [-0.05, 0) is 18.2 Å². The lowest BCUT2D eigenvalue weighted by molar-refractivity contribution is -0.131. The molecule has 0 saturated heterocycles. The Bertz CT molecular complexity index is 757. The van der Waals surface area contributed by atoms with Crippen molar-refractivity contribution in [3.63, 3.8) is 0 Å². The van der Waals surface area contributed by atoms with Gasteiger partial charge < -0.3 is 5.32 Å². The summed E-state index contributed by atoms with van der Waals surface area (Å²) in [6.07, 6.45) is 11.7. The predicted octanol–water partition coefficient (Wildman–Crippen LogP) is 4.41. The highest BCUT2D eigenvalue weighted by Crippen LogP contribution is 2.30. The normalized spacial score (nSPS) is 18.8. The van der Waals surface area contributed by atoms with Gasteiger partial charge in [0, 0.05) is 17.5 Å². The number of rotatable bonds is 6. The second-order valence-electron chi connectivity index (χ2n) is 8.32. The molecule has 0 atom stereocenters. The number of hydrogen-bond acceptors (Lipinski definition) is 3. The predicted molar refractivity (Wildman–Crippen MR) is 119 cm³/mol. The smallest absolute Gasteiger partial charge is 0.227 e. The molecule has 5 heteroatoms. The fraction of sp³-hybridized carbons (Fsp3) is 0.478. The van der Waals surface area contributed by atoms with E-state index in [1.54, 1.807) is 0 Å². The average Bonchev–Trinajstić information content (AvgIpc) is 2.62. The standard InChI is InChI=1S/C23H29B2NO2/c1-16(2)24-18-10-12-19(13-11-18)26-21-15-23(28)22(27)14-20(21)25-17-8-6-4-3-5-7-9-17/h10-17,26H,3-9H2,1-2H3. The molecule has 1 fully saturated rings. The summed E-state index contributed by atoms with van der Waals surface area (Å²) in [5.74, 6) is 0.0868. The van der Waals surface area contributed by atoms with Crippen molar-refractivity contribution in [2.24, 2.45) is 0 Å². The highest BCUT2D eigenvalue weighted by atomic mass is 16.2. The van der Waals surface area contributed by atoms with E-state index in [1.807, 2.05) is 12.1 Å². The fourth-order valence-corrected chi connectivity index (χ4v) is 3.95. The van der Waals surface area contributed by atoms with E-state index in [0.717, 1.165) is 29.7 Å². The number of ketones is 2. The number of nitrogens with one attached hydrogen (secondary N) is 1. The van der Waals surface area contributed by atoms with E-state index in [2.05, 4.69) is 45.9 Å². The molecule has 144 valence electrons. The fourth-order valence-electron chi connectivity index (χ4n) is 3.95. The second kappa shape index (κ2) is 9.95. The van der Waals surface area contributed by atoms with Crippen molar-refractivity contribution >= 4 is 37.3 Å². The summed E-state index contributed by atoms with van der Waals surface area (Å²) in [6.45, 7) is 4.31. The van der Waals surface area contributed by atoms with E-state index < -0.39 is 11.6 Å². The van der Waals surface area contributed by atoms with Crippen LogP contribution in [0.3, 0.4) is 0 Å². The van der Waals surface area contributed by atoms with E-state index >= 15 is 0 Å². The molecule has 2 radical (unpaired) electrons. The summed E-state index contributed by atoms with van der Waals surface area (Å²) in [5, 5.41) is 3.35. The van der Waals surface area contributed by atoms with Gasteiger partial charge in [0.1, 0.15) is 0 Å². The number of benzene rings is 1. The van der Waals surface area contributed by atoms with Crippen molar-refractivity contribution in [2.45, 2.75) is 70.4 Å². The summed E-state index contributed by atoms with van der Waals surface area (Å²) in [5.41, 5.74) is 3.69. The maximum atomic E-state index is 12.0. The number of hydrogen-bond donors (Lipinski definition) is 1. The van der Waals surface area contributed by atoms with Crippen LogP contribution in [0.15, 0.2) is 47.6 Å². The molecule has 3 rings (SSSR count). The first-order chi connectivity index (χ1) is 13.5. The molecule has 1 saturated carbocycles. The minimum Gasteiger partial charge on any atom is -0.356 e. The minimum absolute atomic E-state index is 0.426. The second-order valence-corrected chi connectivity index (χ2v) is 8.32. The van der Waals surface area contributed by atoms with Crippen LogP contribution in [-0.4, -0.2) is 26.1 Å². The Hall–Kier alpha value is -2.03. The molecule has 0 spiro atoms. The van der Waals surface area contributed by atoms with Gasteiger partial charge in [0.05, 0.1) is 0 Å². The first-order valence-electron chi connectivity index (χ1n) is 10.6. The number of carbonyl (C=O) groups is 2. The Morgan fingerprint density at radius 2 is 1.50 bits per heavy atom. The van der Waals surface area contributed by atoms with Crippen molar-refractivity contribution in [1.29, 1.82) is 0 Å². The molecular weight excluding hydrogens is 344 g/mol. The third-order valence-corrected chi connectivity index (χ3v) is 5.40. The lowest BCUT2D eigenvalue weighted by Crippen LogP contribution is -2.23. The molecule has 28 heavy (non-hydrogen) atoms. The third-order valence-electron chi connectivity index (χ3n) is 5.40. The van der Waals surface area contributed by atoms with Crippen LogP contribution < -0.4 is 10.8 Å². The lowest BCUT2D eigenvalue weighted by atomic mass is 9.53. The van der Waals surface area contributed by atoms with Gasteiger partial charge in [-0.1, -0.05) is 93.5 Å². The van der Waals surface area contributed by atoms with E-state index in [4.69, 9.17) is 0 Å². The van der Waals surface area contributed by atoms with Gasteiger partial charge in [-0.3, -0.25) is 9.59 Å². The van der Waals surface area contributed by atoms with E-state index in [-0.39, 0.29) is 0 Å². The van der Waals surface area contributed by atoms with Crippen LogP contribution in [-0.2, 0) is 9.59 Å². The lowest BCUT2D eigenvalue weighted by Gasteiger charge is -2.23.